The van der Waals surface area contributed by atoms with Crippen LogP contribution in [0, 0.1) is 11.8 Å². The Hall–Kier alpha value is -3.33. The minimum Gasteiger partial charge on any atom is -0.460 e. The zero-order chi connectivity index (χ0) is 20.5. The van der Waals surface area contributed by atoms with Crippen molar-refractivity contribution in [2.75, 3.05) is 0 Å². The standard InChI is InChI=1S/C26H26O3/c1-20(2)25(17-16-21-10-5-3-6-11-21)26(27)28-19-22-12-9-15-24(18-22)29-23-13-7-4-8-14-23/h3-18,20,25H,19H2,1-2H3/b17-16+. The summed E-state index contributed by atoms with van der Waals surface area (Å²) in [5.74, 6) is 1.12. The van der Waals surface area contributed by atoms with Gasteiger partial charge in [0.15, 0.2) is 0 Å². The summed E-state index contributed by atoms with van der Waals surface area (Å²) in [5, 5.41) is 0. The van der Waals surface area contributed by atoms with Crippen LogP contribution >= 0.6 is 0 Å². The number of hydrogen-bond donors (Lipinski definition) is 0. The number of carbonyl (C=O) groups excluding carboxylic acids is 1. The first-order valence-corrected chi connectivity index (χ1v) is 9.83. The lowest BCUT2D eigenvalue weighted by atomic mass is 9.95. The van der Waals surface area contributed by atoms with Gasteiger partial charge in [0.1, 0.15) is 18.1 Å². The molecule has 3 aromatic carbocycles. The van der Waals surface area contributed by atoms with Gasteiger partial charge in [0.2, 0.25) is 0 Å². The van der Waals surface area contributed by atoms with Crippen LogP contribution in [0.15, 0.2) is 91.0 Å². The van der Waals surface area contributed by atoms with Crippen LogP contribution in [0.5, 0.6) is 11.5 Å². The predicted octanol–water partition coefficient (Wildman–Crippen LogP) is 6.51. The lowest BCUT2D eigenvalue weighted by molar-refractivity contribution is -0.149. The molecule has 1 unspecified atom stereocenters. The SMILES string of the molecule is CC(C)C(/C=C/c1ccccc1)C(=O)OCc1cccc(Oc2ccccc2)c1. The van der Waals surface area contributed by atoms with Crippen LogP contribution in [-0.4, -0.2) is 5.97 Å². The molecule has 0 aliphatic rings. The number of ether oxygens (including phenoxy) is 2. The van der Waals surface area contributed by atoms with Gasteiger partial charge < -0.3 is 9.47 Å². The third-order valence-corrected chi connectivity index (χ3v) is 4.54. The Kier molecular flexibility index (Phi) is 7.23. The van der Waals surface area contributed by atoms with E-state index >= 15 is 0 Å². The number of para-hydroxylation sites is 1. The highest BCUT2D eigenvalue weighted by Gasteiger charge is 2.21. The minimum absolute atomic E-state index is 0.148. The Morgan fingerprint density at radius 3 is 2.21 bits per heavy atom. The smallest absolute Gasteiger partial charge is 0.313 e. The molecule has 0 aromatic heterocycles. The molecule has 148 valence electrons. The molecule has 0 aliphatic carbocycles. The van der Waals surface area contributed by atoms with Gasteiger partial charge in [-0.25, -0.2) is 0 Å². The second-order valence-corrected chi connectivity index (χ2v) is 7.21. The first kappa shape index (κ1) is 20.4. The van der Waals surface area contributed by atoms with Crippen LogP contribution in [0.4, 0.5) is 0 Å². The molecule has 1 atom stereocenters. The Labute approximate surface area is 172 Å². The molecule has 0 saturated heterocycles. The van der Waals surface area contributed by atoms with E-state index in [-0.39, 0.29) is 24.4 Å². The fraction of sp³-hybridized carbons (Fsp3) is 0.192. The maximum Gasteiger partial charge on any atom is 0.313 e. The van der Waals surface area contributed by atoms with Gasteiger partial charge in [-0.05, 0) is 41.3 Å². The van der Waals surface area contributed by atoms with E-state index in [0.29, 0.717) is 5.75 Å². The van der Waals surface area contributed by atoms with E-state index in [9.17, 15) is 4.79 Å². The van der Waals surface area contributed by atoms with Crippen LogP contribution in [0.25, 0.3) is 6.08 Å². The van der Waals surface area contributed by atoms with Crippen molar-refractivity contribution in [1.82, 2.24) is 0 Å². The van der Waals surface area contributed by atoms with Gasteiger partial charge in [0.25, 0.3) is 0 Å². The summed E-state index contributed by atoms with van der Waals surface area (Å²) >= 11 is 0. The lowest BCUT2D eigenvalue weighted by Gasteiger charge is -2.16. The summed E-state index contributed by atoms with van der Waals surface area (Å²) < 4.78 is 11.4. The van der Waals surface area contributed by atoms with Crippen LogP contribution in [0.1, 0.15) is 25.0 Å². The highest BCUT2D eigenvalue weighted by molar-refractivity contribution is 5.76. The fourth-order valence-electron chi connectivity index (χ4n) is 2.93. The summed E-state index contributed by atoms with van der Waals surface area (Å²) in [6.07, 6.45) is 3.90. The predicted molar refractivity (Wildman–Crippen MR) is 117 cm³/mol. The molecular formula is C26H26O3. The number of esters is 1. The molecule has 3 heteroatoms. The largest absolute Gasteiger partial charge is 0.460 e. The molecule has 0 spiro atoms. The van der Waals surface area contributed by atoms with E-state index < -0.39 is 0 Å². The Bertz CT molecular complexity index is 930. The summed E-state index contributed by atoms with van der Waals surface area (Å²) in [5.41, 5.74) is 1.96. The summed E-state index contributed by atoms with van der Waals surface area (Å²) in [4.78, 5) is 12.7. The Morgan fingerprint density at radius 2 is 1.52 bits per heavy atom. The lowest BCUT2D eigenvalue weighted by Crippen LogP contribution is -2.20. The summed E-state index contributed by atoms with van der Waals surface area (Å²) in [6.45, 7) is 4.26. The summed E-state index contributed by atoms with van der Waals surface area (Å²) in [6, 6.07) is 27.2. The van der Waals surface area contributed by atoms with Crippen LogP contribution < -0.4 is 4.74 Å². The molecule has 3 aromatic rings. The molecule has 0 N–H and O–H groups in total. The highest BCUT2D eigenvalue weighted by Crippen LogP contribution is 2.23. The molecule has 0 fully saturated rings. The van der Waals surface area contributed by atoms with E-state index in [1.165, 1.54) is 0 Å². The van der Waals surface area contributed by atoms with Crippen LogP contribution in [-0.2, 0) is 16.1 Å². The molecule has 0 aliphatic heterocycles. The topological polar surface area (TPSA) is 35.5 Å². The average Bonchev–Trinajstić information content (AvgIpc) is 2.74. The highest BCUT2D eigenvalue weighted by atomic mass is 16.5. The van der Waals surface area contributed by atoms with Crippen molar-refractivity contribution in [2.24, 2.45) is 11.8 Å². The summed E-state index contributed by atoms with van der Waals surface area (Å²) in [7, 11) is 0. The van der Waals surface area contributed by atoms with Crippen molar-refractivity contribution in [3.8, 4) is 11.5 Å². The molecule has 0 bridgehead atoms. The first-order valence-electron chi connectivity index (χ1n) is 9.83. The molecular weight excluding hydrogens is 360 g/mol. The maximum absolute atomic E-state index is 12.7. The van der Waals surface area contributed by atoms with Crippen molar-refractivity contribution in [1.29, 1.82) is 0 Å². The first-order chi connectivity index (χ1) is 14.1. The third kappa shape index (κ3) is 6.35. The number of benzene rings is 3. The van der Waals surface area contributed by atoms with E-state index in [2.05, 4.69) is 0 Å². The van der Waals surface area contributed by atoms with Gasteiger partial charge >= 0.3 is 5.97 Å². The van der Waals surface area contributed by atoms with E-state index in [4.69, 9.17) is 9.47 Å². The van der Waals surface area contributed by atoms with Gasteiger partial charge in [-0.2, -0.15) is 0 Å². The van der Waals surface area contributed by atoms with Crippen molar-refractivity contribution in [3.05, 3.63) is 102 Å². The molecule has 0 amide bonds. The van der Waals surface area contributed by atoms with Gasteiger partial charge in [-0.1, -0.05) is 86.7 Å². The van der Waals surface area contributed by atoms with Crippen molar-refractivity contribution >= 4 is 12.0 Å². The minimum atomic E-state index is -0.293. The Balaban J connectivity index is 1.61. The molecule has 0 radical (unpaired) electrons. The fourth-order valence-corrected chi connectivity index (χ4v) is 2.93. The van der Waals surface area contributed by atoms with E-state index in [1.807, 2.05) is 111 Å². The molecule has 29 heavy (non-hydrogen) atoms. The zero-order valence-corrected chi connectivity index (χ0v) is 16.8. The number of rotatable bonds is 8. The van der Waals surface area contributed by atoms with Crippen LogP contribution in [0.2, 0.25) is 0 Å². The van der Waals surface area contributed by atoms with Crippen LogP contribution in [0.3, 0.4) is 0 Å². The normalized spacial score (nSPS) is 12.1. The van der Waals surface area contributed by atoms with E-state index in [1.54, 1.807) is 0 Å². The van der Waals surface area contributed by atoms with Gasteiger partial charge in [0, 0.05) is 0 Å². The van der Waals surface area contributed by atoms with Gasteiger partial charge in [0.05, 0.1) is 5.92 Å². The molecule has 0 heterocycles. The Morgan fingerprint density at radius 1 is 0.862 bits per heavy atom. The van der Waals surface area contributed by atoms with Crippen molar-refractivity contribution < 1.29 is 14.3 Å². The van der Waals surface area contributed by atoms with Crippen molar-refractivity contribution in [2.45, 2.75) is 20.5 Å². The number of carbonyl (C=O) groups is 1. The number of hydrogen-bond acceptors (Lipinski definition) is 3. The second-order valence-electron chi connectivity index (χ2n) is 7.21. The molecule has 0 saturated carbocycles. The van der Waals surface area contributed by atoms with Gasteiger partial charge in [-0.15, -0.1) is 0 Å². The molecule has 3 nitrogen and oxygen atoms in total. The molecule has 3 rings (SSSR count). The monoisotopic (exact) mass is 386 g/mol. The van der Waals surface area contributed by atoms with Crippen molar-refractivity contribution in [3.63, 3.8) is 0 Å². The average molecular weight is 386 g/mol. The second kappa shape index (κ2) is 10.3. The maximum atomic E-state index is 12.7. The zero-order valence-electron chi connectivity index (χ0n) is 16.8. The van der Waals surface area contributed by atoms with E-state index in [0.717, 1.165) is 16.9 Å². The third-order valence-electron chi connectivity index (χ3n) is 4.54. The quantitative estimate of drug-likeness (QED) is 0.414. The van der Waals surface area contributed by atoms with Gasteiger partial charge in [-0.3, -0.25) is 4.79 Å².